The van der Waals surface area contributed by atoms with Crippen LogP contribution < -0.4 is 10.1 Å². The summed E-state index contributed by atoms with van der Waals surface area (Å²) in [5, 5.41) is 15.2. The fraction of sp³-hybridized carbons (Fsp3) is 0.391. The molecule has 0 unspecified atom stereocenters. The molecule has 0 bridgehead atoms. The first-order chi connectivity index (χ1) is 14.4. The molecule has 7 nitrogen and oxygen atoms in total. The van der Waals surface area contributed by atoms with E-state index in [4.69, 9.17) is 4.74 Å². The predicted octanol–water partition coefficient (Wildman–Crippen LogP) is 3.36. The average Bonchev–Trinajstić information content (AvgIpc) is 3.20. The Labute approximate surface area is 175 Å². The van der Waals surface area contributed by atoms with Crippen LogP contribution in [0.25, 0.3) is 5.69 Å². The number of tetrazole rings is 1. The first-order valence-electron chi connectivity index (χ1n) is 10.3. The van der Waals surface area contributed by atoms with Gasteiger partial charge in [0.1, 0.15) is 11.4 Å². The standard InChI is InChI=1S/C23H25N5O2/c1-15(20-25-26-27-28(20)16-9-5-4-6-10-16)24-21(29)18-13-23(18)14-22(2,3)30-19-12-8-7-11-17(19)23/h4-12,15,18H,13-14H2,1-3H3,(H,24,29)/t15-,18-,23+/m1/s1. The van der Waals surface area contributed by atoms with E-state index >= 15 is 0 Å². The van der Waals surface area contributed by atoms with Crippen molar-refractivity contribution >= 4 is 5.91 Å². The first kappa shape index (κ1) is 18.8. The van der Waals surface area contributed by atoms with Gasteiger partial charge < -0.3 is 10.1 Å². The Balaban J connectivity index is 1.37. The third-order valence-corrected chi connectivity index (χ3v) is 6.18. The monoisotopic (exact) mass is 403 g/mol. The highest BCUT2D eigenvalue weighted by molar-refractivity contribution is 5.85. The molecule has 154 valence electrons. The van der Waals surface area contributed by atoms with Crippen LogP contribution in [0.5, 0.6) is 5.75 Å². The maximum Gasteiger partial charge on any atom is 0.224 e. The van der Waals surface area contributed by atoms with Crippen molar-refractivity contribution in [3.63, 3.8) is 0 Å². The zero-order valence-corrected chi connectivity index (χ0v) is 17.4. The number of hydrogen-bond donors (Lipinski definition) is 1. The van der Waals surface area contributed by atoms with Crippen LogP contribution in [0.15, 0.2) is 54.6 Å². The Morgan fingerprint density at radius 2 is 1.90 bits per heavy atom. The zero-order chi connectivity index (χ0) is 20.9. The largest absolute Gasteiger partial charge is 0.488 e. The van der Waals surface area contributed by atoms with Gasteiger partial charge in [-0.3, -0.25) is 4.79 Å². The maximum atomic E-state index is 13.2. The van der Waals surface area contributed by atoms with Crippen LogP contribution >= 0.6 is 0 Å². The average molecular weight is 403 g/mol. The van der Waals surface area contributed by atoms with Crippen molar-refractivity contribution in [2.45, 2.75) is 50.7 Å². The van der Waals surface area contributed by atoms with Gasteiger partial charge in [-0.25, -0.2) is 0 Å². The van der Waals surface area contributed by atoms with Crippen LogP contribution in [0.4, 0.5) is 0 Å². The third-order valence-electron chi connectivity index (χ3n) is 6.18. The molecule has 2 heterocycles. The number of amides is 1. The van der Waals surface area contributed by atoms with E-state index in [0.717, 1.165) is 29.8 Å². The molecule has 1 N–H and O–H groups in total. The molecule has 1 aromatic heterocycles. The molecule has 3 atom stereocenters. The van der Waals surface area contributed by atoms with Gasteiger partial charge in [0.2, 0.25) is 5.91 Å². The summed E-state index contributed by atoms with van der Waals surface area (Å²) in [6, 6.07) is 17.5. The van der Waals surface area contributed by atoms with Gasteiger partial charge in [0.05, 0.1) is 11.7 Å². The fourth-order valence-corrected chi connectivity index (χ4v) is 4.89. The molecular formula is C23H25N5O2. The molecule has 1 saturated carbocycles. The molecule has 7 heteroatoms. The summed E-state index contributed by atoms with van der Waals surface area (Å²) < 4.78 is 7.83. The van der Waals surface area contributed by atoms with Crippen LogP contribution in [0.3, 0.4) is 0 Å². The lowest BCUT2D eigenvalue weighted by atomic mass is 9.80. The first-order valence-corrected chi connectivity index (χ1v) is 10.3. The van der Waals surface area contributed by atoms with Gasteiger partial charge in [0, 0.05) is 16.9 Å². The molecule has 1 aliphatic heterocycles. The minimum Gasteiger partial charge on any atom is -0.488 e. The predicted molar refractivity (Wildman–Crippen MR) is 111 cm³/mol. The lowest BCUT2D eigenvalue weighted by Crippen LogP contribution is -2.41. The molecule has 2 aromatic carbocycles. The number of hydrogen-bond acceptors (Lipinski definition) is 5. The lowest BCUT2D eigenvalue weighted by molar-refractivity contribution is -0.123. The van der Waals surface area contributed by atoms with E-state index in [0.29, 0.717) is 5.82 Å². The van der Waals surface area contributed by atoms with Crippen molar-refractivity contribution in [3.8, 4) is 11.4 Å². The van der Waals surface area contributed by atoms with Gasteiger partial charge in [-0.15, -0.1) is 5.10 Å². The SMILES string of the molecule is C[C@@H](NC(=O)[C@H]1C[C@@]12CC(C)(C)Oc1ccccc12)c1nnnn1-c1ccccc1. The van der Waals surface area contributed by atoms with Crippen molar-refractivity contribution < 1.29 is 9.53 Å². The van der Waals surface area contributed by atoms with Gasteiger partial charge in [-0.2, -0.15) is 4.68 Å². The minimum atomic E-state index is -0.312. The highest BCUT2D eigenvalue weighted by Gasteiger charge is 2.64. The normalized spacial score (nSPS) is 24.6. The molecule has 30 heavy (non-hydrogen) atoms. The Morgan fingerprint density at radius 1 is 1.17 bits per heavy atom. The number of nitrogens with zero attached hydrogens (tertiary/aromatic N) is 4. The molecule has 5 rings (SSSR count). The lowest BCUT2D eigenvalue weighted by Gasteiger charge is -2.38. The highest BCUT2D eigenvalue weighted by atomic mass is 16.5. The molecule has 1 aliphatic carbocycles. The summed E-state index contributed by atoms with van der Waals surface area (Å²) >= 11 is 0. The molecule has 1 spiro atoms. The van der Waals surface area contributed by atoms with Crippen molar-refractivity contribution in [3.05, 3.63) is 66.0 Å². The van der Waals surface area contributed by atoms with Gasteiger partial charge in [0.25, 0.3) is 0 Å². The van der Waals surface area contributed by atoms with Gasteiger partial charge in [-0.05, 0) is 62.2 Å². The van der Waals surface area contributed by atoms with E-state index in [1.165, 1.54) is 0 Å². The third kappa shape index (κ3) is 3.05. The molecule has 0 saturated heterocycles. The summed E-state index contributed by atoms with van der Waals surface area (Å²) in [6.07, 6.45) is 1.66. The molecule has 3 aromatic rings. The number of carbonyl (C=O) groups excluding carboxylic acids is 1. The fourth-order valence-electron chi connectivity index (χ4n) is 4.89. The summed E-state index contributed by atoms with van der Waals surface area (Å²) in [4.78, 5) is 13.2. The highest BCUT2D eigenvalue weighted by Crippen LogP contribution is 2.63. The Morgan fingerprint density at radius 3 is 2.70 bits per heavy atom. The van der Waals surface area contributed by atoms with Crippen molar-refractivity contribution in [2.75, 3.05) is 0 Å². The smallest absolute Gasteiger partial charge is 0.224 e. The van der Waals surface area contributed by atoms with Crippen LogP contribution in [-0.4, -0.2) is 31.7 Å². The van der Waals surface area contributed by atoms with E-state index in [9.17, 15) is 4.79 Å². The van der Waals surface area contributed by atoms with Crippen LogP contribution in [-0.2, 0) is 10.2 Å². The van der Waals surface area contributed by atoms with E-state index in [2.05, 4.69) is 40.8 Å². The molecule has 1 amide bonds. The second-order valence-corrected chi connectivity index (χ2v) is 8.96. The number of nitrogens with one attached hydrogen (secondary N) is 1. The topological polar surface area (TPSA) is 81.9 Å². The van der Waals surface area contributed by atoms with Gasteiger partial charge >= 0.3 is 0 Å². The van der Waals surface area contributed by atoms with E-state index in [-0.39, 0.29) is 28.9 Å². The minimum absolute atomic E-state index is 0.0395. The summed E-state index contributed by atoms with van der Waals surface area (Å²) in [7, 11) is 0. The van der Waals surface area contributed by atoms with E-state index in [1.807, 2.05) is 55.5 Å². The maximum absolute atomic E-state index is 13.2. The van der Waals surface area contributed by atoms with Crippen LogP contribution in [0, 0.1) is 5.92 Å². The molecule has 0 radical (unpaired) electrons. The second kappa shape index (κ2) is 6.65. The van der Waals surface area contributed by atoms with Crippen molar-refractivity contribution in [2.24, 2.45) is 5.92 Å². The number of rotatable bonds is 4. The summed E-state index contributed by atoms with van der Waals surface area (Å²) in [6.45, 7) is 6.10. The number of carbonyl (C=O) groups is 1. The summed E-state index contributed by atoms with van der Waals surface area (Å²) in [5.74, 6) is 1.46. The molecule has 1 fully saturated rings. The molecular weight excluding hydrogens is 378 g/mol. The number of fused-ring (bicyclic) bond motifs is 2. The Bertz CT molecular complexity index is 1090. The molecule has 2 aliphatic rings. The second-order valence-electron chi connectivity index (χ2n) is 8.96. The van der Waals surface area contributed by atoms with Crippen LogP contribution in [0.1, 0.15) is 51.0 Å². The number of aromatic nitrogens is 4. The Kier molecular flexibility index (Phi) is 4.17. The number of ether oxygens (including phenoxy) is 1. The summed E-state index contributed by atoms with van der Waals surface area (Å²) in [5.41, 5.74) is 1.55. The van der Waals surface area contributed by atoms with Crippen molar-refractivity contribution in [1.82, 2.24) is 25.5 Å². The van der Waals surface area contributed by atoms with Gasteiger partial charge in [0.15, 0.2) is 5.82 Å². The van der Waals surface area contributed by atoms with Gasteiger partial charge in [-0.1, -0.05) is 36.4 Å². The zero-order valence-electron chi connectivity index (χ0n) is 17.4. The number of para-hydroxylation sites is 2. The Hall–Kier alpha value is -3.22. The van der Waals surface area contributed by atoms with E-state index in [1.54, 1.807) is 4.68 Å². The van der Waals surface area contributed by atoms with Crippen molar-refractivity contribution in [1.29, 1.82) is 0 Å². The quantitative estimate of drug-likeness (QED) is 0.722. The number of benzene rings is 2. The van der Waals surface area contributed by atoms with E-state index < -0.39 is 0 Å². The van der Waals surface area contributed by atoms with Crippen LogP contribution in [0.2, 0.25) is 0 Å².